The van der Waals surface area contributed by atoms with Crippen LogP contribution in [0.2, 0.25) is 0 Å². The van der Waals surface area contributed by atoms with Crippen molar-refractivity contribution in [1.82, 2.24) is 5.32 Å². The first kappa shape index (κ1) is 13.0. The van der Waals surface area contributed by atoms with Gasteiger partial charge in [0.25, 0.3) is 0 Å². The Bertz CT molecular complexity index is 402. The van der Waals surface area contributed by atoms with Crippen LogP contribution in [0, 0.1) is 5.82 Å². The number of rotatable bonds is 2. The quantitative estimate of drug-likeness (QED) is 0.880. The number of aliphatic hydroxyl groups is 1. The average molecular weight is 302 g/mol. The molecule has 0 spiro atoms. The molecule has 2 rings (SSSR count). The summed E-state index contributed by atoms with van der Waals surface area (Å²) in [5, 5.41) is 13.8. The fraction of sp³-hybridized carbons (Fsp3) is 0.538. The lowest BCUT2D eigenvalue weighted by molar-refractivity contribution is -0.0107. The third kappa shape index (κ3) is 2.54. The number of benzene rings is 1. The van der Waals surface area contributed by atoms with E-state index in [9.17, 15) is 9.50 Å². The Hall–Kier alpha value is -0.450. The molecule has 0 bridgehead atoms. The molecule has 2 N–H and O–H groups in total. The van der Waals surface area contributed by atoms with Gasteiger partial charge >= 0.3 is 0 Å². The topological polar surface area (TPSA) is 32.3 Å². The van der Waals surface area contributed by atoms with E-state index in [2.05, 4.69) is 21.2 Å². The van der Waals surface area contributed by atoms with Gasteiger partial charge in [0.2, 0.25) is 0 Å². The highest BCUT2D eigenvalue weighted by molar-refractivity contribution is 9.10. The number of hydrogen-bond donors (Lipinski definition) is 2. The van der Waals surface area contributed by atoms with Crippen molar-refractivity contribution in [2.45, 2.75) is 37.3 Å². The second kappa shape index (κ2) is 5.04. The summed E-state index contributed by atoms with van der Waals surface area (Å²) in [4.78, 5) is 0. The summed E-state index contributed by atoms with van der Waals surface area (Å²) >= 11 is 3.16. The van der Waals surface area contributed by atoms with Crippen molar-refractivity contribution < 1.29 is 9.50 Å². The molecule has 0 atom stereocenters. The molecule has 1 saturated carbocycles. The van der Waals surface area contributed by atoms with Crippen molar-refractivity contribution in [3.05, 3.63) is 34.1 Å². The zero-order chi connectivity index (χ0) is 12.5. The monoisotopic (exact) mass is 301 g/mol. The van der Waals surface area contributed by atoms with Crippen molar-refractivity contribution in [2.75, 3.05) is 7.05 Å². The Morgan fingerprint density at radius 3 is 2.65 bits per heavy atom. The van der Waals surface area contributed by atoms with Crippen LogP contribution in [0.3, 0.4) is 0 Å². The molecule has 1 fully saturated rings. The summed E-state index contributed by atoms with van der Waals surface area (Å²) < 4.78 is 14.4. The maximum atomic E-state index is 14.0. The molecule has 0 aromatic heterocycles. The second-order valence-electron chi connectivity index (χ2n) is 4.70. The summed E-state index contributed by atoms with van der Waals surface area (Å²) in [6, 6.07) is 5.54. The van der Waals surface area contributed by atoms with E-state index in [4.69, 9.17) is 0 Å². The molecule has 1 aliphatic carbocycles. The van der Waals surface area contributed by atoms with E-state index in [1.807, 2.05) is 7.05 Å². The smallest absolute Gasteiger partial charge is 0.143 e. The standard InChI is InChI=1S/C13H17BrFNO/c1-16-9-5-7-13(17,8-6-9)10-3-2-4-11(14)12(10)15/h2-4,9,16-17H,5-8H2,1H3. The third-order valence-electron chi connectivity index (χ3n) is 3.67. The van der Waals surface area contributed by atoms with Gasteiger partial charge in [-0.1, -0.05) is 12.1 Å². The summed E-state index contributed by atoms with van der Waals surface area (Å²) in [6.07, 6.45) is 2.95. The number of nitrogens with one attached hydrogen (secondary N) is 1. The van der Waals surface area contributed by atoms with Gasteiger partial charge in [-0.15, -0.1) is 0 Å². The normalized spacial score (nSPS) is 29.3. The first-order chi connectivity index (χ1) is 8.07. The summed E-state index contributed by atoms with van der Waals surface area (Å²) in [6.45, 7) is 0. The van der Waals surface area contributed by atoms with E-state index in [1.54, 1.807) is 18.2 Å². The Morgan fingerprint density at radius 2 is 2.06 bits per heavy atom. The van der Waals surface area contributed by atoms with E-state index in [-0.39, 0.29) is 5.82 Å². The van der Waals surface area contributed by atoms with Crippen LogP contribution in [0.15, 0.2) is 22.7 Å². The van der Waals surface area contributed by atoms with E-state index in [1.165, 1.54) is 0 Å². The third-order valence-corrected chi connectivity index (χ3v) is 4.29. The molecule has 17 heavy (non-hydrogen) atoms. The Balaban J connectivity index is 2.24. The maximum Gasteiger partial charge on any atom is 0.143 e. The van der Waals surface area contributed by atoms with E-state index in [0.717, 1.165) is 12.8 Å². The lowest BCUT2D eigenvalue weighted by atomic mass is 9.77. The van der Waals surface area contributed by atoms with Gasteiger partial charge in [0.05, 0.1) is 10.1 Å². The summed E-state index contributed by atoms with van der Waals surface area (Å²) in [7, 11) is 1.93. The number of hydrogen-bond acceptors (Lipinski definition) is 2. The highest BCUT2D eigenvalue weighted by atomic mass is 79.9. The first-order valence-corrected chi connectivity index (χ1v) is 6.70. The fourth-order valence-corrected chi connectivity index (χ4v) is 2.88. The maximum absolute atomic E-state index is 14.0. The van der Waals surface area contributed by atoms with Crippen LogP contribution < -0.4 is 5.32 Å². The van der Waals surface area contributed by atoms with Crippen LogP contribution in [-0.4, -0.2) is 18.2 Å². The minimum Gasteiger partial charge on any atom is -0.385 e. The molecule has 0 amide bonds. The zero-order valence-corrected chi connectivity index (χ0v) is 11.4. The van der Waals surface area contributed by atoms with Crippen molar-refractivity contribution in [3.63, 3.8) is 0 Å². The zero-order valence-electron chi connectivity index (χ0n) is 9.84. The predicted molar refractivity (Wildman–Crippen MR) is 69.3 cm³/mol. The molecule has 2 nitrogen and oxygen atoms in total. The van der Waals surface area contributed by atoms with Gasteiger partial charge in [-0.05, 0) is 54.7 Å². The SMILES string of the molecule is CNC1CCC(O)(c2cccc(Br)c2F)CC1. The van der Waals surface area contributed by atoms with E-state index >= 15 is 0 Å². The Morgan fingerprint density at radius 1 is 1.41 bits per heavy atom. The molecule has 4 heteroatoms. The molecule has 1 aromatic rings. The molecular formula is C13H17BrFNO. The van der Waals surface area contributed by atoms with Gasteiger partial charge < -0.3 is 10.4 Å². The lowest BCUT2D eigenvalue weighted by Gasteiger charge is -2.36. The first-order valence-electron chi connectivity index (χ1n) is 5.91. The van der Waals surface area contributed by atoms with E-state index < -0.39 is 5.60 Å². The van der Waals surface area contributed by atoms with Crippen molar-refractivity contribution in [2.24, 2.45) is 0 Å². The van der Waals surface area contributed by atoms with Crippen molar-refractivity contribution in [3.8, 4) is 0 Å². The van der Waals surface area contributed by atoms with Gasteiger partial charge in [0, 0.05) is 11.6 Å². The van der Waals surface area contributed by atoms with Gasteiger partial charge in [0.1, 0.15) is 5.82 Å². The number of halogens is 2. The van der Waals surface area contributed by atoms with Crippen LogP contribution in [0.25, 0.3) is 0 Å². The molecule has 0 aliphatic heterocycles. The molecule has 0 radical (unpaired) electrons. The fourth-order valence-electron chi connectivity index (χ4n) is 2.52. The minimum absolute atomic E-state index is 0.335. The Labute approximate surface area is 109 Å². The van der Waals surface area contributed by atoms with Crippen molar-refractivity contribution in [1.29, 1.82) is 0 Å². The predicted octanol–water partition coefficient (Wildman–Crippen LogP) is 2.94. The van der Waals surface area contributed by atoms with Gasteiger partial charge in [-0.3, -0.25) is 0 Å². The largest absolute Gasteiger partial charge is 0.385 e. The van der Waals surface area contributed by atoms with Gasteiger partial charge in [-0.25, -0.2) is 4.39 Å². The van der Waals surface area contributed by atoms with Crippen LogP contribution in [0.4, 0.5) is 4.39 Å². The van der Waals surface area contributed by atoms with Crippen LogP contribution in [-0.2, 0) is 5.60 Å². The summed E-state index contributed by atoms with van der Waals surface area (Å²) in [5.41, 5.74) is -0.595. The van der Waals surface area contributed by atoms with E-state index in [0.29, 0.717) is 28.9 Å². The molecule has 0 heterocycles. The van der Waals surface area contributed by atoms with Crippen LogP contribution in [0.1, 0.15) is 31.2 Å². The van der Waals surface area contributed by atoms with Crippen LogP contribution in [0.5, 0.6) is 0 Å². The molecule has 1 aliphatic rings. The lowest BCUT2D eigenvalue weighted by Crippen LogP contribution is -2.38. The molecule has 0 unspecified atom stereocenters. The van der Waals surface area contributed by atoms with Crippen molar-refractivity contribution >= 4 is 15.9 Å². The second-order valence-corrected chi connectivity index (χ2v) is 5.55. The molecule has 0 saturated heterocycles. The van der Waals surface area contributed by atoms with Crippen LogP contribution >= 0.6 is 15.9 Å². The molecule has 94 valence electrons. The molecular weight excluding hydrogens is 285 g/mol. The highest BCUT2D eigenvalue weighted by Crippen LogP contribution is 2.39. The highest BCUT2D eigenvalue weighted by Gasteiger charge is 2.36. The van der Waals surface area contributed by atoms with Gasteiger partial charge in [0.15, 0.2) is 0 Å². The summed E-state index contributed by atoms with van der Waals surface area (Å²) in [5.74, 6) is -0.335. The molecule has 1 aromatic carbocycles. The Kier molecular flexibility index (Phi) is 3.85. The average Bonchev–Trinajstić information content (AvgIpc) is 2.33. The minimum atomic E-state index is -1.01. The van der Waals surface area contributed by atoms with Gasteiger partial charge in [-0.2, -0.15) is 0 Å².